The predicted molar refractivity (Wildman–Crippen MR) is 50.8 cm³/mol. The van der Waals surface area contributed by atoms with Gasteiger partial charge in [-0.05, 0) is 0 Å². The molecule has 6 heteroatoms. The lowest BCUT2D eigenvalue weighted by Crippen LogP contribution is -2.50. The Morgan fingerprint density at radius 3 is 2.71 bits per heavy atom. The van der Waals surface area contributed by atoms with Gasteiger partial charge in [-0.25, -0.2) is 0 Å². The maximum Gasteiger partial charge on any atom is 0.639 e. The topological polar surface area (TPSA) is 40.2 Å². The Hall–Kier alpha value is -0.135. The minimum absolute atomic E-state index is 0.0469. The summed E-state index contributed by atoms with van der Waals surface area (Å²) >= 11 is 0. The summed E-state index contributed by atoms with van der Waals surface area (Å²) in [5.74, 6) is 0. The van der Waals surface area contributed by atoms with Crippen LogP contribution in [-0.4, -0.2) is 64.9 Å². The lowest BCUT2D eigenvalue weighted by atomic mass is 10.1. The molecule has 1 unspecified atom stereocenters. The standard InChI is InChI=1S/C8H16BNO4/c1-11-7-8-6-10-2-4-12-9(14-8)13-5-3-10/h8H,2-7H2,1H3. The molecule has 1 atom stereocenters. The average Bonchev–Trinajstić information content (AvgIpc) is 2.05. The van der Waals surface area contributed by atoms with Crippen molar-refractivity contribution in [3.8, 4) is 0 Å². The normalized spacial score (nSPS) is 33.6. The van der Waals surface area contributed by atoms with Crippen LogP contribution in [0.15, 0.2) is 0 Å². The molecule has 3 saturated heterocycles. The zero-order valence-electron chi connectivity index (χ0n) is 8.48. The largest absolute Gasteiger partial charge is 0.639 e. The lowest BCUT2D eigenvalue weighted by molar-refractivity contribution is -0.0418. The van der Waals surface area contributed by atoms with E-state index in [4.69, 9.17) is 18.7 Å². The first-order chi connectivity index (χ1) is 6.88. The highest BCUT2D eigenvalue weighted by Crippen LogP contribution is 2.10. The number of nitrogens with zero attached hydrogens (tertiary/aromatic N) is 1. The highest BCUT2D eigenvalue weighted by Gasteiger charge is 2.32. The van der Waals surface area contributed by atoms with E-state index < -0.39 is 7.32 Å². The third kappa shape index (κ3) is 2.68. The smallest absolute Gasteiger partial charge is 0.385 e. The molecule has 3 heterocycles. The van der Waals surface area contributed by atoms with Crippen LogP contribution in [0.25, 0.3) is 0 Å². The summed E-state index contributed by atoms with van der Waals surface area (Å²) in [5, 5.41) is 0. The van der Waals surface area contributed by atoms with Crippen LogP contribution in [0.3, 0.4) is 0 Å². The minimum atomic E-state index is -0.502. The molecule has 0 saturated carbocycles. The van der Waals surface area contributed by atoms with Gasteiger partial charge in [0.2, 0.25) is 0 Å². The molecule has 0 radical (unpaired) electrons. The van der Waals surface area contributed by atoms with E-state index in [1.165, 1.54) is 0 Å². The fourth-order valence-electron chi connectivity index (χ4n) is 1.74. The van der Waals surface area contributed by atoms with Gasteiger partial charge in [0.15, 0.2) is 0 Å². The molecular weight excluding hydrogens is 185 g/mol. The summed E-state index contributed by atoms with van der Waals surface area (Å²) < 4.78 is 21.4. The fourth-order valence-corrected chi connectivity index (χ4v) is 1.74. The van der Waals surface area contributed by atoms with Crippen LogP contribution in [0.4, 0.5) is 0 Å². The SMILES string of the molecule is COCC1CN2CCOB(OCC2)O1. The Bertz CT molecular complexity index is 159. The van der Waals surface area contributed by atoms with E-state index in [2.05, 4.69) is 4.90 Å². The van der Waals surface area contributed by atoms with Crippen molar-refractivity contribution in [2.45, 2.75) is 6.10 Å². The summed E-state index contributed by atoms with van der Waals surface area (Å²) in [6, 6.07) is 0. The molecule has 3 fully saturated rings. The van der Waals surface area contributed by atoms with Crippen molar-refractivity contribution in [3.05, 3.63) is 0 Å². The molecule has 80 valence electrons. The van der Waals surface area contributed by atoms with Gasteiger partial charge in [-0.2, -0.15) is 0 Å². The number of hydrogen-bond acceptors (Lipinski definition) is 5. The predicted octanol–water partition coefficient (Wildman–Crippen LogP) is -0.635. The molecule has 3 aliphatic rings. The molecule has 14 heavy (non-hydrogen) atoms. The van der Waals surface area contributed by atoms with Crippen molar-refractivity contribution < 1.29 is 18.7 Å². The van der Waals surface area contributed by atoms with E-state index in [0.29, 0.717) is 19.8 Å². The van der Waals surface area contributed by atoms with Crippen LogP contribution in [0.1, 0.15) is 0 Å². The molecule has 5 nitrogen and oxygen atoms in total. The van der Waals surface area contributed by atoms with Gasteiger partial charge < -0.3 is 18.7 Å². The van der Waals surface area contributed by atoms with E-state index in [9.17, 15) is 0 Å². The Labute approximate surface area is 84.4 Å². The molecule has 3 aliphatic heterocycles. The van der Waals surface area contributed by atoms with Crippen LogP contribution >= 0.6 is 0 Å². The van der Waals surface area contributed by atoms with Crippen molar-refractivity contribution >= 4 is 7.32 Å². The van der Waals surface area contributed by atoms with Crippen molar-refractivity contribution in [2.24, 2.45) is 0 Å². The van der Waals surface area contributed by atoms with Crippen molar-refractivity contribution in [1.29, 1.82) is 0 Å². The number of methoxy groups -OCH3 is 1. The van der Waals surface area contributed by atoms with Gasteiger partial charge in [-0.1, -0.05) is 0 Å². The van der Waals surface area contributed by atoms with Crippen LogP contribution in [0, 0.1) is 0 Å². The summed E-state index contributed by atoms with van der Waals surface area (Å²) in [6.07, 6.45) is 0.0469. The second kappa shape index (κ2) is 5.09. The molecule has 0 aromatic rings. The summed E-state index contributed by atoms with van der Waals surface area (Å²) in [5.41, 5.74) is 0. The average molecular weight is 201 g/mol. The summed E-state index contributed by atoms with van der Waals surface area (Å²) in [7, 11) is 1.17. The van der Waals surface area contributed by atoms with E-state index in [-0.39, 0.29) is 6.10 Å². The van der Waals surface area contributed by atoms with Gasteiger partial charge in [0.05, 0.1) is 12.7 Å². The van der Waals surface area contributed by atoms with E-state index in [1.54, 1.807) is 7.11 Å². The molecule has 0 N–H and O–H groups in total. The van der Waals surface area contributed by atoms with Gasteiger partial charge in [-0.15, -0.1) is 0 Å². The number of ether oxygens (including phenoxy) is 1. The zero-order chi connectivity index (χ0) is 9.80. The summed E-state index contributed by atoms with van der Waals surface area (Å²) in [6.45, 7) is 4.72. The lowest BCUT2D eigenvalue weighted by Gasteiger charge is -2.34. The Kier molecular flexibility index (Phi) is 3.77. The maximum absolute atomic E-state index is 5.59. The first kappa shape index (κ1) is 10.4. The maximum atomic E-state index is 5.59. The number of fused-ring (bicyclic) bond motifs is 6. The van der Waals surface area contributed by atoms with Crippen molar-refractivity contribution in [2.75, 3.05) is 46.6 Å². The third-order valence-electron chi connectivity index (χ3n) is 2.44. The van der Waals surface area contributed by atoms with E-state index in [1.807, 2.05) is 0 Å². The molecule has 0 aliphatic carbocycles. The van der Waals surface area contributed by atoms with E-state index >= 15 is 0 Å². The van der Waals surface area contributed by atoms with Crippen LogP contribution in [0.2, 0.25) is 0 Å². The Balaban J connectivity index is 1.96. The third-order valence-corrected chi connectivity index (χ3v) is 2.44. The quantitative estimate of drug-likeness (QED) is 0.556. The van der Waals surface area contributed by atoms with Gasteiger partial charge in [0, 0.05) is 40.0 Å². The number of hydrogen-bond donors (Lipinski definition) is 0. The van der Waals surface area contributed by atoms with Gasteiger partial charge >= 0.3 is 7.32 Å². The Morgan fingerprint density at radius 2 is 2.07 bits per heavy atom. The second-order valence-corrected chi connectivity index (χ2v) is 3.54. The molecule has 0 aromatic heterocycles. The van der Waals surface area contributed by atoms with E-state index in [0.717, 1.165) is 19.6 Å². The molecule has 3 rings (SSSR count). The van der Waals surface area contributed by atoms with Crippen LogP contribution in [-0.2, 0) is 18.7 Å². The number of rotatable bonds is 2. The van der Waals surface area contributed by atoms with Gasteiger partial charge in [0.25, 0.3) is 0 Å². The Morgan fingerprint density at radius 1 is 1.36 bits per heavy atom. The van der Waals surface area contributed by atoms with Crippen LogP contribution < -0.4 is 0 Å². The second-order valence-electron chi connectivity index (χ2n) is 3.54. The monoisotopic (exact) mass is 201 g/mol. The fraction of sp³-hybridized carbons (Fsp3) is 1.00. The zero-order valence-corrected chi connectivity index (χ0v) is 8.48. The van der Waals surface area contributed by atoms with Gasteiger partial charge in [-0.3, -0.25) is 4.90 Å². The van der Waals surface area contributed by atoms with Crippen molar-refractivity contribution in [1.82, 2.24) is 4.90 Å². The van der Waals surface area contributed by atoms with Crippen molar-refractivity contribution in [3.63, 3.8) is 0 Å². The van der Waals surface area contributed by atoms with Crippen LogP contribution in [0.5, 0.6) is 0 Å². The molecule has 0 aromatic carbocycles. The summed E-state index contributed by atoms with van der Waals surface area (Å²) in [4.78, 5) is 2.28. The van der Waals surface area contributed by atoms with Gasteiger partial charge in [0.1, 0.15) is 0 Å². The highest BCUT2D eigenvalue weighted by atomic mass is 16.7. The molecule has 0 spiro atoms. The minimum Gasteiger partial charge on any atom is -0.385 e. The first-order valence-corrected chi connectivity index (χ1v) is 4.98. The first-order valence-electron chi connectivity index (χ1n) is 4.98. The molecule has 2 bridgehead atoms. The highest BCUT2D eigenvalue weighted by molar-refractivity contribution is 6.36. The molecular formula is C8H16BNO4. The molecule has 0 amide bonds.